The molecular weight excluding hydrogens is 207 g/mol. The highest BCUT2D eigenvalue weighted by molar-refractivity contribution is 6.80. The zero-order chi connectivity index (χ0) is 12.4. The molecule has 0 unspecified atom stereocenters. The highest BCUT2D eigenvalue weighted by Gasteiger charge is 2.78. The number of fused-ring (bicyclic) bond motifs is 1. The van der Waals surface area contributed by atoms with Crippen LogP contribution in [0.1, 0.15) is 34.6 Å². The van der Waals surface area contributed by atoms with Gasteiger partial charge in [-0.2, -0.15) is 0 Å². The van der Waals surface area contributed by atoms with Gasteiger partial charge in [0, 0.05) is 5.82 Å². The van der Waals surface area contributed by atoms with Crippen LogP contribution < -0.4 is 0 Å². The molecule has 0 N–H and O–H groups in total. The maximum Gasteiger partial charge on any atom is 0.559 e. The molecule has 0 radical (unpaired) electrons. The van der Waals surface area contributed by atoms with Crippen molar-refractivity contribution in [3.8, 4) is 0 Å². The summed E-state index contributed by atoms with van der Waals surface area (Å²) in [7, 11) is 0. The molecular formula is C11H17BO4. The molecule has 2 aliphatic heterocycles. The molecule has 0 bridgehead atoms. The van der Waals surface area contributed by atoms with Crippen LogP contribution in [0.5, 0.6) is 0 Å². The van der Waals surface area contributed by atoms with Crippen molar-refractivity contribution in [2.24, 2.45) is 10.8 Å². The van der Waals surface area contributed by atoms with Gasteiger partial charge in [0.15, 0.2) is 10.8 Å². The summed E-state index contributed by atoms with van der Waals surface area (Å²) in [6.45, 7) is 7.22. The number of carbonyl (C=O) groups is 2. The standard InChI is InChI=1S/C11H17BO4/c1-6-12-7(10(2,3)8(13)15-12)11(4,5)9(14)16-12/h6H2,1-5H3. The molecule has 0 amide bonds. The summed E-state index contributed by atoms with van der Waals surface area (Å²) >= 11 is 0. The fourth-order valence-electron chi connectivity index (χ4n) is 3.25. The van der Waals surface area contributed by atoms with Gasteiger partial charge < -0.3 is 9.31 Å². The molecule has 0 aromatic heterocycles. The third-order valence-electron chi connectivity index (χ3n) is 3.94. The summed E-state index contributed by atoms with van der Waals surface area (Å²) in [6, 6.07) is 0. The van der Waals surface area contributed by atoms with Crippen molar-refractivity contribution in [3.63, 3.8) is 0 Å². The van der Waals surface area contributed by atoms with Crippen LogP contribution in [-0.2, 0) is 18.9 Å². The van der Waals surface area contributed by atoms with Crippen molar-refractivity contribution in [2.75, 3.05) is 0 Å². The molecule has 0 atom stereocenters. The summed E-state index contributed by atoms with van der Waals surface area (Å²) in [5.41, 5.74) is -1.46. The van der Waals surface area contributed by atoms with Gasteiger partial charge in [0.05, 0.1) is 0 Å². The molecule has 88 valence electrons. The number of hydrogen-bond acceptors (Lipinski definition) is 4. The Kier molecular flexibility index (Phi) is 1.96. The van der Waals surface area contributed by atoms with Gasteiger partial charge in [-0.3, -0.25) is 9.59 Å². The highest BCUT2D eigenvalue weighted by atomic mass is 16.7. The van der Waals surface area contributed by atoms with Gasteiger partial charge in [-0.05, 0) is 27.7 Å². The first-order chi connectivity index (χ1) is 7.18. The Morgan fingerprint density at radius 2 is 1.44 bits per heavy atom. The van der Waals surface area contributed by atoms with Crippen LogP contribution in [-0.4, -0.2) is 18.5 Å². The Balaban J connectivity index is 2.57. The first-order valence-corrected chi connectivity index (χ1v) is 5.69. The lowest BCUT2D eigenvalue weighted by Gasteiger charge is -2.26. The minimum atomic E-state index is -1.86. The van der Waals surface area contributed by atoms with E-state index in [1.807, 2.05) is 6.92 Å². The van der Waals surface area contributed by atoms with Gasteiger partial charge in [-0.1, -0.05) is 13.2 Å². The zero-order valence-corrected chi connectivity index (χ0v) is 10.4. The predicted molar refractivity (Wildman–Crippen MR) is 59.2 cm³/mol. The normalized spacial score (nSPS) is 28.7. The smallest absolute Gasteiger partial charge is 0.559 e. The molecule has 2 rings (SSSR count). The van der Waals surface area contributed by atoms with Crippen molar-refractivity contribution in [1.29, 1.82) is 0 Å². The maximum absolute atomic E-state index is 11.8. The third kappa shape index (κ3) is 1.04. The Morgan fingerprint density at radius 1 is 1.06 bits per heavy atom. The molecule has 2 fully saturated rings. The summed E-state index contributed by atoms with van der Waals surface area (Å²) in [6.07, 6.45) is 0.527. The van der Waals surface area contributed by atoms with Crippen molar-refractivity contribution < 1.29 is 18.9 Å². The van der Waals surface area contributed by atoms with Gasteiger partial charge in [0.25, 0.3) is 0 Å². The van der Waals surface area contributed by atoms with Crippen LogP contribution >= 0.6 is 0 Å². The second kappa shape index (κ2) is 2.76. The van der Waals surface area contributed by atoms with E-state index >= 15 is 0 Å². The van der Waals surface area contributed by atoms with Crippen LogP contribution in [0.2, 0.25) is 6.32 Å². The van der Waals surface area contributed by atoms with Crippen LogP contribution in [0.3, 0.4) is 0 Å². The molecule has 0 aliphatic carbocycles. The summed E-state index contributed by atoms with van der Waals surface area (Å²) in [5, 5.41) is 0. The van der Waals surface area contributed by atoms with E-state index in [-0.39, 0.29) is 11.9 Å². The van der Waals surface area contributed by atoms with E-state index in [9.17, 15) is 9.59 Å². The van der Waals surface area contributed by atoms with Gasteiger partial charge in [-0.15, -0.1) is 0 Å². The molecule has 0 aromatic rings. The second-order valence-electron chi connectivity index (χ2n) is 5.75. The van der Waals surface area contributed by atoms with E-state index in [1.54, 1.807) is 27.7 Å². The van der Waals surface area contributed by atoms with Crippen LogP contribution in [0.15, 0.2) is 0 Å². The van der Waals surface area contributed by atoms with E-state index in [4.69, 9.17) is 9.31 Å². The largest absolute Gasteiger partial charge is 0.613 e. The molecule has 2 aliphatic rings. The number of rotatable bonds is 1. The maximum atomic E-state index is 11.8. The molecule has 4 nitrogen and oxygen atoms in total. The molecule has 0 aromatic carbocycles. The van der Waals surface area contributed by atoms with E-state index < -0.39 is 17.4 Å². The van der Waals surface area contributed by atoms with Gasteiger partial charge >= 0.3 is 18.5 Å². The van der Waals surface area contributed by atoms with Crippen molar-refractivity contribution in [1.82, 2.24) is 0 Å². The summed E-state index contributed by atoms with van der Waals surface area (Å²) < 4.78 is 10.8. The molecule has 2 heterocycles. The average Bonchev–Trinajstić information content (AvgIpc) is 2.46. The first kappa shape index (κ1) is 11.4. The molecule has 5 heteroatoms. The van der Waals surface area contributed by atoms with Crippen molar-refractivity contribution in [2.45, 2.75) is 40.9 Å². The lowest BCUT2D eigenvalue weighted by atomic mass is 9.38. The fourth-order valence-corrected chi connectivity index (χ4v) is 3.25. The fraction of sp³-hybridized carbons (Fsp3) is 0.727. The van der Waals surface area contributed by atoms with Crippen LogP contribution in [0.25, 0.3) is 0 Å². The van der Waals surface area contributed by atoms with E-state index in [2.05, 4.69) is 0 Å². The van der Waals surface area contributed by atoms with Gasteiger partial charge in [0.2, 0.25) is 0 Å². The summed E-state index contributed by atoms with van der Waals surface area (Å²) in [4.78, 5) is 23.7. The highest BCUT2D eigenvalue weighted by Crippen LogP contribution is 2.60. The average molecular weight is 224 g/mol. The summed E-state index contributed by atoms with van der Waals surface area (Å²) in [5.74, 6) is 0.243. The Bertz CT molecular complexity index is 342. The minimum absolute atomic E-state index is 0.287. The Hall–Kier alpha value is -1.13. The van der Waals surface area contributed by atoms with Crippen LogP contribution in [0, 0.1) is 16.6 Å². The zero-order valence-electron chi connectivity index (χ0n) is 10.4. The minimum Gasteiger partial charge on any atom is -0.613 e. The number of hydrogen-bond donors (Lipinski definition) is 0. The van der Waals surface area contributed by atoms with E-state index in [0.717, 1.165) is 5.82 Å². The molecule has 16 heavy (non-hydrogen) atoms. The number of carbonyl (C=O) groups excluding carboxylic acids is 2. The monoisotopic (exact) mass is 224 g/mol. The third-order valence-corrected chi connectivity index (χ3v) is 3.94. The predicted octanol–water partition coefficient (Wildman–Crippen LogP) is 1.73. The second-order valence-corrected chi connectivity index (χ2v) is 5.75. The lowest BCUT2D eigenvalue weighted by Crippen LogP contribution is -2.43. The van der Waals surface area contributed by atoms with Crippen molar-refractivity contribution in [3.05, 3.63) is 5.82 Å². The first-order valence-electron chi connectivity index (χ1n) is 5.69. The molecule has 2 saturated heterocycles. The lowest BCUT2D eigenvalue weighted by molar-refractivity contribution is -0.148. The van der Waals surface area contributed by atoms with Gasteiger partial charge in [0.1, 0.15) is 0 Å². The Labute approximate surface area is 95.7 Å². The topological polar surface area (TPSA) is 52.6 Å². The molecule has 0 spiro atoms. The van der Waals surface area contributed by atoms with Crippen molar-refractivity contribution >= 4 is 18.5 Å². The van der Waals surface area contributed by atoms with E-state index in [0.29, 0.717) is 6.32 Å². The van der Waals surface area contributed by atoms with E-state index in [1.165, 1.54) is 0 Å². The Morgan fingerprint density at radius 3 is 1.69 bits per heavy atom. The van der Waals surface area contributed by atoms with Gasteiger partial charge in [-0.25, -0.2) is 0 Å². The van der Waals surface area contributed by atoms with Crippen LogP contribution in [0.4, 0.5) is 0 Å². The quantitative estimate of drug-likeness (QED) is 0.502. The SMILES string of the molecule is CC[B-]12OC(=O)C(C)(C)[C+]1C(C)(C)C(=O)O2. The molecule has 0 saturated carbocycles.